The van der Waals surface area contributed by atoms with Crippen LogP contribution < -0.4 is 14.4 Å². The lowest BCUT2D eigenvalue weighted by atomic mass is 10.1. The van der Waals surface area contributed by atoms with Crippen LogP contribution in [0.2, 0.25) is 5.02 Å². The van der Waals surface area contributed by atoms with E-state index in [1.165, 1.54) is 11.3 Å². The number of hydrogen-bond donors (Lipinski definition) is 0. The summed E-state index contributed by atoms with van der Waals surface area (Å²) >= 11 is 7.70. The molecule has 8 heteroatoms. The van der Waals surface area contributed by atoms with Gasteiger partial charge in [0, 0.05) is 0 Å². The third-order valence-corrected chi connectivity index (χ3v) is 5.93. The van der Waals surface area contributed by atoms with Crippen LogP contribution in [0.4, 0.5) is 5.13 Å². The van der Waals surface area contributed by atoms with Crippen molar-refractivity contribution in [1.82, 2.24) is 4.98 Å². The van der Waals surface area contributed by atoms with Gasteiger partial charge in [-0.25, -0.2) is 4.98 Å². The second kappa shape index (κ2) is 7.42. The van der Waals surface area contributed by atoms with Crippen LogP contribution in [0.5, 0.6) is 11.5 Å². The van der Waals surface area contributed by atoms with Crippen LogP contribution in [0, 0.1) is 0 Å². The lowest BCUT2D eigenvalue weighted by Gasteiger charge is -2.19. The first-order chi connectivity index (χ1) is 14.2. The molecule has 2 aromatic heterocycles. The molecule has 0 unspecified atom stereocenters. The highest BCUT2D eigenvalue weighted by Crippen LogP contribution is 2.35. The molecule has 0 aliphatic carbocycles. The average molecular weight is 427 g/mol. The predicted molar refractivity (Wildman–Crippen MR) is 111 cm³/mol. The summed E-state index contributed by atoms with van der Waals surface area (Å²) in [6, 6.07) is 14.8. The monoisotopic (exact) mass is 426 g/mol. The summed E-state index contributed by atoms with van der Waals surface area (Å²) in [5.41, 5.74) is 1.53. The molecule has 1 amide bonds. The number of anilines is 1. The van der Waals surface area contributed by atoms with E-state index in [-0.39, 0.29) is 25.7 Å². The van der Waals surface area contributed by atoms with E-state index in [1.807, 2.05) is 36.4 Å². The van der Waals surface area contributed by atoms with Crippen LogP contribution >= 0.6 is 22.9 Å². The Hall–Kier alpha value is -3.03. The Kier molecular flexibility index (Phi) is 4.61. The van der Waals surface area contributed by atoms with Crippen LogP contribution in [-0.2, 0) is 17.8 Å². The van der Waals surface area contributed by atoms with Gasteiger partial charge in [-0.2, -0.15) is 0 Å². The number of halogens is 1. The molecule has 4 aromatic rings. The number of para-hydroxylation sites is 1. The molecule has 0 atom stereocenters. The Morgan fingerprint density at radius 2 is 2.03 bits per heavy atom. The fourth-order valence-corrected chi connectivity index (χ4v) is 4.44. The van der Waals surface area contributed by atoms with Gasteiger partial charge in [-0.15, -0.1) is 0 Å². The summed E-state index contributed by atoms with van der Waals surface area (Å²) in [6.45, 7) is 0.484. The molecule has 0 saturated carbocycles. The van der Waals surface area contributed by atoms with Gasteiger partial charge in [0.2, 0.25) is 12.7 Å². The van der Waals surface area contributed by atoms with Gasteiger partial charge in [0.15, 0.2) is 16.6 Å². The lowest BCUT2D eigenvalue weighted by Crippen LogP contribution is -2.31. The van der Waals surface area contributed by atoms with E-state index in [9.17, 15) is 4.79 Å². The number of fused-ring (bicyclic) bond motifs is 2. The Bertz CT molecular complexity index is 1190. The van der Waals surface area contributed by atoms with Gasteiger partial charge in [0.1, 0.15) is 11.3 Å². The van der Waals surface area contributed by atoms with E-state index >= 15 is 0 Å². The summed E-state index contributed by atoms with van der Waals surface area (Å²) in [5.74, 6) is 1.92. The fraction of sp³-hybridized carbons (Fsp3) is 0.143. The summed E-state index contributed by atoms with van der Waals surface area (Å²) in [6.07, 6.45) is 1.78. The first kappa shape index (κ1) is 18.0. The molecule has 146 valence electrons. The first-order valence-corrected chi connectivity index (χ1v) is 10.1. The van der Waals surface area contributed by atoms with Gasteiger partial charge in [0.05, 0.1) is 29.0 Å². The summed E-state index contributed by atoms with van der Waals surface area (Å²) in [7, 11) is 0. The molecule has 29 heavy (non-hydrogen) atoms. The van der Waals surface area contributed by atoms with Crippen LogP contribution in [0.3, 0.4) is 0 Å². The zero-order chi connectivity index (χ0) is 19.8. The fourth-order valence-electron chi connectivity index (χ4n) is 3.16. The van der Waals surface area contributed by atoms with Crippen molar-refractivity contribution in [3.63, 3.8) is 0 Å². The van der Waals surface area contributed by atoms with Gasteiger partial charge >= 0.3 is 0 Å². The van der Waals surface area contributed by atoms with Crippen molar-refractivity contribution in [3.05, 3.63) is 71.1 Å². The van der Waals surface area contributed by atoms with Gasteiger partial charge in [0.25, 0.3) is 0 Å². The molecule has 6 nitrogen and oxygen atoms in total. The van der Waals surface area contributed by atoms with Gasteiger partial charge in [-0.3, -0.25) is 9.69 Å². The SMILES string of the molecule is O=C(Cc1ccc2c(c1)OCO2)N(Cc1ccco1)c1nc2c(Cl)cccc2s1. The van der Waals surface area contributed by atoms with Gasteiger partial charge in [-0.05, 0) is 42.0 Å². The summed E-state index contributed by atoms with van der Waals surface area (Å²) in [4.78, 5) is 19.5. The minimum absolute atomic E-state index is 0.101. The number of furan rings is 1. The maximum Gasteiger partial charge on any atom is 0.233 e. The number of aromatic nitrogens is 1. The van der Waals surface area contributed by atoms with Crippen molar-refractivity contribution in [1.29, 1.82) is 0 Å². The average Bonchev–Trinajstić information content (AvgIpc) is 3.46. The topological polar surface area (TPSA) is 64.8 Å². The summed E-state index contributed by atoms with van der Waals surface area (Å²) in [5, 5.41) is 1.14. The summed E-state index contributed by atoms with van der Waals surface area (Å²) < 4.78 is 17.1. The molecular formula is C21H15ClN2O4S. The number of thiazole rings is 1. The molecule has 3 heterocycles. The van der Waals surface area contributed by atoms with E-state index in [0.29, 0.717) is 32.9 Å². The number of rotatable bonds is 5. The molecule has 0 radical (unpaired) electrons. The highest BCUT2D eigenvalue weighted by molar-refractivity contribution is 7.22. The Labute approximate surface area is 175 Å². The molecule has 1 aliphatic heterocycles. The van der Waals surface area contributed by atoms with E-state index in [1.54, 1.807) is 23.3 Å². The zero-order valence-electron chi connectivity index (χ0n) is 15.1. The third kappa shape index (κ3) is 3.54. The van der Waals surface area contributed by atoms with E-state index in [4.69, 9.17) is 25.5 Å². The maximum atomic E-state index is 13.2. The van der Waals surface area contributed by atoms with Crippen molar-refractivity contribution < 1.29 is 18.7 Å². The molecule has 0 bridgehead atoms. The largest absolute Gasteiger partial charge is 0.467 e. The quantitative estimate of drug-likeness (QED) is 0.447. The molecule has 0 fully saturated rings. The number of carbonyl (C=O) groups excluding carboxylic acids is 1. The van der Waals surface area contributed by atoms with Crippen LogP contribution in [0.25, 0.3) is 10.2 Å². The molecule has 0 N–H and O–H groups in total. The van der Waals surface area contributed by atoms with Crippen molar-refractivity contribution in [3.8, 4) is 11.5 Å². The van der Waals surface area contributed by atoms with Crippen molar-refractivity contribution in [2.75, 3.05) is 11.7 Å². The van der Waals surface area contributed by atoms with E-state index in [2.05, 4.69) is 4.98 Å². The number of carbonyl (C=O) groups is 1. The van der Waals surface area contributed by atoms with Gasteiger partial charge < -0.3 is 13.9 Å². The van der Waals surface area contributed by atoms with Crippen LogP contribution in [-0.4, -0.2) is 17.7 Å². The molecule has 1 aliphatic rings. The normalized spacial score (nSPS) is 12.4. The second-order valence-corrected chi connectivity index (χ2v) is 7.92. The highest BCUT2D eigenvalue weighted by Gasteiger charge is 2.23. The minimum atomic E-state index is -0.101. The standard InChI is InChI=1S/C21H15ClN2O4S/c22-15-4-1-5-18-20(15)23-21(29-18)24(11-14-3-2-8-26-14)19(25)10-13-6-7-16-17(9-13)28-12-27-16/h1-9H,10-12H2. The number of benzene rings is 2. The molecule has 0 spiro atoms. The minimum Gasteiger partial charge on any atom is -0.467 e. The van der Waals surface area contributed by atoms with Crippen LogP contribution in [0.15, 0.2) is 59.2 Å². The number of hydrogen-bond acceptors (Lipinski definition) is 6. The van der Waals surface area contributed by atoms with Crippen molar-refractivity contribution >= 4 is 44.2 Å². The number of nitrogens with zero attached hydrogens (tertiary/aromatic N) is 2. The Morgan fingerprint density at radius 1 is 1.14 bits per heavy atom. The van der Waals surface area contributed by atoms with Crippen molar-refractivity contribution in [2.24, 2.45) is 0 Å². The molecule has 0 saturated heterocycles. The number of amides is 1. The maximum absolute atomic E-state index is 13.2. The van der Waals surface area contributed by atoms with Crippen molar-refractivity contribution in [2.45, 2.75) is 13.0 Å². The highest BCUT2D eigenvalue weighted by atomic mass is 35.5. The second-order valence-electron chi connectivity index (χ2n) is 6.51. The van der Waals surface area contributed by atoms with E-state index in [0.717, 1.165) is 10.3 Å². The third-order valence-electron chi connectivity index (χ3n) is 4.58. The Morgan fingerprint density at radius 3 is 2.86 bits per heavy atom. The molecular weight excluding hydrogens is 412 g/mol. The van der Waals surface area contributed by atoms with Gasteiger partial charge in [-0.1, -0.05) is 35.1 Å². The molecule has 5 rings (SSSR count). The number of ether oxygens (including phenoxy) is 2. The smallest absolute Gasteiger partial charge is 0.233 e. The zero-order valence-corrected chi connectivity index (χ0v) is 16.7. The van der Waals surface area contributed by atoms with Crippen LogP contribution in [0.1, 0.15) is 11.3 Å². The van der Waals surface area contributed by atoms with E-state index < -0.39 is 0 Å². The predicted octanol–water partition coefficient (Wildman–Crippen LogP) is 5.05. The molecule has 2 aromatic carbocycles. The lowest BCUT2D eigenvalue weighted by molar-refractivity contribution is -0.118. The Balaban J connectivity index is 1.47. The first-order valence-electron chi connectivity index (χ1n) is 8.94.